The summed E-state index contributed by atoms with van der Waals surface area (Å²) in [4.78, 5) is 0. The van der Waals surface area contributed by atoms with Crippen molar-refractivity contribution in [1.29, 1.82) is 0 Å². The zero-order chi connectivity index (χ0) is 16.9. The van der Waals surface area contributed by atoms with Crippen molar-refractivity contribution in [3.8, 4) is 5.75 Å². The Kier molecular flexibility index (Phi) is 5.20. The van der Waals surface area contributed by atoms with E-state index in [4.69, 9.17) is 9.15 Å². The highest BCUT2D eigenvalue weighted by Gasteiger charge is 2.09. The number of aryl methyl sites for hydroxylation is 2. The molecule has 124 valence electrons. The number of rotatable bonds is 6. The maximum Gasteiger partial charge on any atom is 0.277 e. The molecule has 0 fully saturated rings. The zero-order valence-corrected chi connectivity index (χ0v) is 14.9. The molecule has 0 spiro atoms. The van der Waals surface area contributed by atoms with Gasteiger partial charge in [0.2, 0.25) is 0 Å². The molecule has 3 aromatic rings. The largest absolute Gasteiger partial charge is 0.484 e. The first-order valence-electron chi connectivity index (χ1n) is 7.81. The van der Waals surface area contributed by atoms with Crippen molar-refractivity contribution >= 4 is 11.8 Å². The van der Waals surface area contributed by atoms with Crippen LogP contribution < -0.4 is 4.74 Å². The lowest BCUT2D eigenvalue weighted by Gasteiger charge is -2.08. The Labute approximate surface area is 146 Å². The zero-order valence-electron chi connectivity index (χ0n) is 14.1. The van der Waals surface area contributed by atoms with E-state index in [2.05, 4.69) is 54.4 Å². The van der Waals surface area contributed by atoms with Gasteiger partial charge in [0.15, 0.2) is 6.61 Å². The molecule has 1 aromatic heterocycles. The van der Waals surface area contributed by atoms with Crippen LogP contribution in [-0.2, 0) is 12.4 Å². The highest BCUT2D eigenvalue weighted by molar-refractivity contribution is 7.98. The Morgan fingerprint density at radius 1 is 1.00 bits per heavy atom. The molecule has 0 aliphatic rings. The second-order valence-corrected chi connectivity index (χ2v) is 6.65. The van der Waals surface area contributed by atoms with Gasteiger partial charge in [0.25, 0.3) is 11.1 Å². The number of hydrogen-bond acceptors (Lipinski definition) is 5. The lowest BCUT2D eigenvalue weighted by molar-refractivity contribution is 0.250. The molecule has 3 rings (SSSR count). The number of ether oxygens (including phenoxy) is 1. The highest BCUT2D eigenvalue weighted by Crippen LogP contribution is 2.24. The van der Waals surface area contributed by atoms with Crippen molar-refractivity contribution in [3.63, 3.8) is 0 Å². The van der Waals surface area contributed by atoms with Crippen LogP contribution >= 0.6 is 11.8 Å². The molecule has 0 aliphatic carbocycles. The fraction of sp³-hybridized carbons (Fsp3) is 0.263. The number of thioether (sulfide) groups is 1. The lowest BCUT2D eigenvalue weighted by Crippen LogP contribution is -1.98. The van der Waals surface area contributed by atoms with E-state index in [1.807, 2.05) is 19.1 Å². The molecule has 0 bridgehead atoms. The van der Waals surface area contributed by atoms with Gasteiger partial charge in [-0.3, -0.25) is 0 Å². The van der Waals surface area contributed by atoms with Crippen LogP contribution in [0.2, 0.25) is 0 Å². The average molecular weight is 340 g/mol. The smallest absolute Gasteiger partial charge is 0.277 e. The third kappa shape index (κ3) is 4.17. The van der Waals surface area contributed by atoms with Crippen LogP contribution in [0.1, 0.15) is 28.1 Å². The summed E-state index contributed by atoms with van der Waals surface area (Å²) in [5, 5.41) is 8.68. The van der Waals surface area contributed by atoms with E-state index in [0.29, 0.717) is 11.1 Å². The first-order valence-corrected chi connectivity index (χ1v) is 8.80. The third-order valence-electron chi connectivity index (χ3n) is 3.84. The molecule has 0 saturated heterocycles. The summed E-state index contributed by atoms with van der Waals surface area (Å²) < 4.78 is 11.4. The van der Waals surface area contributed by atoms with Crippen molar-refractivity contribution in [2.75, 3.05) is 0 Å². The van der Waals surface area contributed by atoms with E-state index >= 15 is 0 Å². The monoisotopic (exact) mass is 340 g/mol. The lowest BCUT2D eigenvalue weighted by atomic mass is 10.1. The second kappa shape index (κ2) is 7.53. The highest BCUT2D eigenvalue weighted by atomic mass is 32.2. The summed E-state index contributed by atoms with van der Waals surface area (Å²) in [5.74, 6) is 2.14. The van der Waals surface area contributed by atoms with Crippen molar-refractivity contribution in [2.45, 2.75) is 38.4 Å². The van der Waals surface area contributed by atoms with Gasteiger partial charge in [-0.15, -0.1) is 10.2 Å². The molecular formula is C19H20N2O2S. The second-order valence-electron chi connectivity index (χ2n) is 5.72. The molecule has 2 aromatic carbocycles. The van der Waals surface area contributed by atoms with E-state index in [1.54, 1.807) is 0 Å². The number of hydrogen-bond donors (Lipinski definition) is 0. The van der Waals surface area contributed by atoms with E-state index < -0.39 is 0 Å². The number of nitrogens with zero attached hydrogens (tertiary/aromatic N) is 2. The van der Waals surface area contributed by atoms with E-state index in [-0.39, 0.29) is 6.61 Å². The van der Waals surface area contributed by atoms with E-state index in [9.17, 15) is 0 Å². The molecule has 0 saturated carbocycles. The molecule has 5 heteroatoms. The van der Waals surface area contributed by atoms with Gasteiger partial charge in [0.05, 0.1) is 0 Å². The van der Waals surface area contributed by atoms with E-state index in [1.165, 1.54) is 28.5 Å². The minimum atomic E-state index is 0.280. The van der Waals surface area contributed by atoms with Gasteiger partial charge in [0, 0.05) is 5.75 Å². The van der Waals surface area contributed by atoms with Crippen LogP contribution in [0.3, 0.4) is 0 Å². The molecule has 0 N–H and O–H groups in total. The maximum atomic E-state index is 5.79. The summed E-state index contributed by atoms with van der Waals surface area (Å²) in [5.41, 5.74) is 4.82. The first kappa shape index (κ1) is 16.6. The summed E-state index contributed by atoms with van der Waals surface area (Å²) in [6, 6.07) is 14.4. The van der Waals surface area contributed by atoms with Gasteiger partial charge in [0.1, 0.15) is 5.75 Å². The molecule has 0 radical (unpaired) electrons. The molecular weight excluding hydrogens is 320 g/mol. The summed E-state index contributed by atoms with van der Waals surface area (Å²) in [6.45, 7) is 6.47. The molecule has 1 heterocycles. The Hall–Kier alpha value is -2.27. The summed E-state index contributed by atoms with van der Waals surface area (Å²) in [7, 11) is 0. The normalized spacial score (nSPS) is 10.8. The van der Waals surface area contributed by atoms with Gasteiger partial charge < -0.3 is 9.15 Å². The molecule has 0 atom stereocenters. The quantitative estimate of drug-likeness (QED) is 0.599. The van der Waals surface area contributed by atoms with Gasteiger partial charge in [-0.2, -0.15) is 0 Å². The topological polar surface area (TPSA) is 48.2 Å². The Morgan fingerprint density at radius 3 is 2.58 bits per heavy atom. The van der Waals surface area contributed by atoms with Gasteiger partial charge in [-0.05, 0) is 43.5 Å². The Bertz CT molecular complexity index is 812. The molecule has 0 unspecified atom stereocenters. The number of benzene rings is 2. The first-order chi connectivity index (χ1) is 11.6. The van der Waals surface area contributed by atoms with Crippen LogP contribution in [0.5, 0.6) is 5.75 Å². The molecule has 0 aliphatic heterocycles. The van der Waals surface area contributed by atoms with Gasteiger partial charge in [-0.1, -0.05) is 53.7 Å². The van der Waals surface area contributed by atoms with Gasteiger partial charge >= 0.3 is 0 Å². The SMILES string of the molecule is Cc1ccc(CSc2nnc(COc3cccc(C)c3C)o2)cc1. The maximum absolute atomic E-state index is 5.79. The predicted molar refractivity (Wildman–Crippen MR) is 95.3 cm³/mol. The number of aromatic nitrogens is 2. The van der Waals surface area contributed by atoms with Crippen LogP contribution in [0.15, 0.2) is 52.1 Å². The van der Waals surface area contributed by atoms with Crippen LogP contribution in [0.4, 0.5) is 0 Å². The van der Waals surface area contributed by atoms with Crippen molar-refractivity contribution in [1.82, 2.24) is 10.2 Å². The molecule has 0 amide bonds. The van der Waals surface area contributed by atoms with E-state index in [0.717, 1.165) is 17.1 Å². The standard InChI is InChI=1S/C19H20N2O2S/c1-13-7-9-16(10-8-13)12-24-19-21-20-18(23-19)11-22-17-6-4-5-14(2)15(17)3/h4-10H,11-12H2,1-3H3. The predicted octanol–water partition coefficient (Wildman–Crippen LogP) is 4.87. The van der Waals surface area contributed by atoms with Crippen LogP contribution in [0, 0.1) is 20.8 Å². The fourth-order valence-corrected chi connectivity index (χ4v) is 2.94. The van der Waals surface area contributed by atoms with Crippen LogP contribution in [-0.4, -0.2) is 10.2 Å². The molecule has 4 nitrogen and oxygen atoms in total. The Morgan fingerprint density at radius 2 is 1.79 bits per heavy atom. The van der Waals surface area contributed by atoms with Crippen molar-refractivity contribution in [3.05, 3.63) is 70.6 Å². The van der Waals surface area contributed by atoms with Crippen molar-refractivity contribution in [2.24, 2.45) is 0 Å². The average Bonchev–Trinajstić information content (AvgIpc) is 3.04. The minimum absolute atomic E-state index is 0.280. The summed E-state index contributed by atoms with van der Waals surface area (Å²) >= 11 is 1.53. The van der Waals surface area contributed by atoms with Gasteiger partial charge in [-0.25, -0.2) is 0 Å². The fourth-order valence-electron chi connectivity index (χ4n) is 2.20. The Balaban J connectivity index is 1.55. The molecule has 24 heavy (non-hydrogen) atoms. The summed E-state index contributed by atoms with van der Waals surface area (Å²) in [6.07, 6.45) is 0. The minimum Gasteiger partial charge on any atom is -0.484 e. The third-order valence-corrected chi connectivity index (χ3v) is 4.73. The van der Waals surface area contributed by atoms with Crippen molar-refractivity contribution < 1.29 is 9.15 Å². The van der Waals surface area contributed by atoms with Crippen LogP contribution in [0.25, 0.3) is 0 Å².